The van der Waals surface area contributed by atoms with E-state index in [1.165, 1.54) is 11.3 Å². The fourth-order valence-electron chi connectivity index (χ4n) is 2.19. The minimum absolute atomic E-state index is 0.0922. The van der Waals surface area contributed by atoms with Gasteiger partial charge in [-0.25, -0.2) is 4.98 Å². The van der Waals surface area contributed by atoms with Crippen LogP contribution in [-0.2, 0) is 0 Å². The smallest absolute Gasteiger partial charge is 0.263 e. The number of thiazole rings is 1. The molecule has 5 heteroatoms. The summed E-state index contributed by atoms with van der Waals surface area (Å²) in [6, 6.07) is 9.76. The van der Waals surface area contributed by atoms with Gasteiger partial charge in [0.05, 0.1) is 17.2 Å². The molecule has 0 saturated heterocycles. The van der Waals surface area contributed by atoms with Crippen LogP contribution in [0.2, 0.25) is 0 Å². The number of carbonyl (C=O) groups is 1. The fourth-order valence-corrected chi connectivity index (χ4v) is 3.02. The topological polar surface area (TPSA) is 62.2 Å². The molecule has 0 radical (unpaired) electrons. The lowest BCUT2D eigenvalue weighted by Crippen LogP contribution is -2.28. The number of hydrogen-bond acceptors (Lipinski definition) is 4. The maximum absolute atomic E-state index is 12.4. The highest BCUT2D eigenvalue weighted by Crippen LogP contribution is 2.23. The number of aliphatic hydroxyl groups excluding tert-OH is 1. The van der Waals surface area contributed by atoms with Crippen LogP contribution in [0.5, 0.6) is 0 Å². The van der Waals surface area contributed by atoms with Gasteiger partial charge in [0.2, 0.25) is 0 Å². The zero-order valence-electron chi connectivity index (χ0n) is 13.0. The lowest BCUT2D eigenvalue weighted by Gasteiger charge is -2.18. The molecule has 2 N–H and O–H groups in total. The summed E-state index contributed by atoms with van der Waals surface area (Å²) in [6.07, 6.45) is 3.01. The lowest BCUT2D eigenvalue weighted by atomic mass is 10.0. The Kier molecular flexibility index (Phi) is 6.10. The molecule has 22 heavy (non-hydrogen) atoms. The van der Waals surface area contributed by atoms with Crippen molar-refractivity contribution in [2.45, 2.75) is 38.6 Å². The Balaban J connectivity index is 2.10. The number of hydrogen-bond donors (Lipinski definition) is 2. The van der Waals surface area contributed by atoms with E-state index in [0.717, 1.165) is 10.6 Å². The van der Waals surface area contributed by atoms with Gasteiger partial charge >= 0.3 is 0 Å². The summed E-state index contributed by atoms with van der Waals surface area (Å²) in [4.78, 5) is 17.4. The van der Waals surface area contributed by atoms with Crippen LogP contribution < -0.4 is 5.32 Å². The zero-order valence-corrected chi connectivity index (χ0v) is 13.8. The Bertz CT molecular complexity index is 596. The number of carbonyl (C=O) groups excluding carboxylic acids is 1. The number of aliphatic hydroxyl groups is 1. The second-order valence-corrected chi connectivity index (χ2v) is 6.58. The largest absolute Gasteiger partial charge is 0.396 e. The average molecular weight is 318 g/mol. The van der Waals surface area contributed by atoms with E-state index in [2.05, 4.69) is 24.1 Å². The third-order valence-corrected chi connectivity index (χ3v) is 4.70. The average Bonchev–Trinajstić information content (AvgIpc) is 3.02. The van der Waals surface area contributed by atoms with Crippen LogP contribution >= 0.6 is 11.3 Å². The fraction of sp³-hybridized carbons (Fsp3) is 0.412. The Morgan fingerprint density at radius 2 is 2.05 bits per heavy atom. The molecule has 1 amide bonds. The minimum atomic E-state index is -0.101. The maximum Gasteiger partial charge on any atom is 0.263 e. The van der Waals surface area contributed by atoms with Crippen molar-refractivity contribution in [3.8, 4) is 0 Å². The van der Waals surface area contributed by atoms with E-state index in [9.17, 15) is 4.79 Å². The van der Waals surface area contributed by atoms with Gasteiger partial charge in [0.1, 0.15) is 4.88 Å². The van der Waals surface area contributed by atoms with Crippen LogP contribution in [0.3, 0.4) is 0 Å². The summed E-state index contributed by atoms with van der Waals surface area (Å²) in [5.74, 6) is 0.224. The molecule has 0 saturated carbocycles. The van der Waals surface area contributed by atoms with Crippen molar-refractivity contribution in [1.29, 1.82) is 0 Å². The summed E-state index contributed by atoms with van der Waals surface area (Å²) in [7, 11) is 0. The van der Waals surface area contributed by atoms with E-state index in [1.807, 2.05) is 30.3 Å². The Labute approximate surface area is 135 Å². The van der Waals surface area contributed by atoms with Crippen LogP contribution in [0.15, 0.2) is 36.5 Å². The van der Waals surface area contributed by atoms with Crippen LogP contribution in [0.4, 0.5) is 0 Å². The molecule has 2 aromatic rings. The molecular weight excluding hydrogens is 296 g/mol. The molecule has 118 valence electrons. The van der Waals surface area contributed by atoms with Crippen molar-refractivity contribution in [3.63, 3.8) is 0 Å². The predicted molar refractivity (Wildman–Crippen MR) is 89.2 cm³/mol. The highest BCUT2D eigenvalue weighted by atomic mass is 32.1. The number of benzene rings is 1. The van der Waals surface area contributed by atoms with Gasteiger partial charge < -0.3 is 10.4 Å². The number of nitrogens with zero attached hydrogens (tertiary/aromatic N) is 1. The molecule has 4 nitrogen and oxygen atoms in total. The molecule has 0 aliphatic rings. The van der Waals surface area contributed by atoms with E-state index in [0.29, 0.717) is 23.6 Å². The first-order chi connectivity index (χ1) is 10.6. The predicted octanol–water partition coefficient (Wildman–Crippen LogP) is 3.51. The number of aromatic nitrogens is 1. The van der Waals surface area contributed by atoms with Gasteiger partial charge in [-0.1, -0.05) is 44.2 Å². The summed E-state index contributed by atoms with van der Waals surface area (Å²) < 4.78 is 0. The van der Waals surface area contributed by atoms with Crippen LogP contribution in [0.25, 0.3) is 0 Å². The maximum atomic E-state index is 12.4. The number of rotatable bonds is 7. The molecule has 2 rings (SSSR count). The molecule has 1 aromatic carbocycles. The molecule has 1 atom stereocenters. The van der Waals surface area contributed by atoms with Gasteiger partial charge in [-0.3, -0.25) is 4.79 Å². The first kappa shape index (κ1) is 16.6. The second kappa shape index (κ2) is 8.06. The standard InChI is InChI=1S/C17H22N2O2S/c1-12(2)17-18-11-15(22-17)16(21)19-14(9-6-10-20)13-7-4-3-5-8-13/h3-5,7-8,11-12,14,20H,6,9-10H2,1-2H3,(H,19,21). The Hall–Kier alpha value is -1.72. The minimum Gasteiger partial charge on any atom is -0.396 e. The van der Waals surface area contributed by atoms with Crippen molar-refractivity contribution in [2.75, 3.05) is 6.61 Å². The molecular formula is C17H22N2O2S. The summed E-state index contributed by atoms with van der Waals surface area (Å²) >= 11 is 1.44. The van der Waals surface area contributed by atoms with Crippen molar-refractivity contribution < 1.29 is 9.90 Å². The molecule has 0 fully saturated rings. The van der Waals surface area contributed by atoms with Crippen LogP contribution in [-0.4, -0.2) is 22.6 Å². The first-order valence-electron chi connectivity index (χ1n) is 7.54. The van der Waals surface area contributed by atoms with Crippen molar-refractivity contribution in [3.05, 3.63) is 52.0 Å². The van der Waals surface area contributed by atoms with E-state index in [4.69, 9.17) is 5.11 Å². The molecule has 0 aliphatic carbocycles. The van der Waals surface area contributed by atoms with Crippen LogP contribution in [0.1, 0.15) is 58.9 Å². The highest BCUT2D eigenvalue weighted by Gasteiger charge is 2.18. The Morgan fingerprint density at radius 3 is 2.64 bits per heavy atom. The van der Waals surface area contributed by atoms with Crippen molar-refractivity contribution in [2.24, 2.45) is 0 Å². The molecule has 0 aliphatic heterocycles. The van der Waals surface area contributed by atoms with Gasteiger partial charge in [-0.2, -0.15) is 0 Å². The first-order valence-corrected chi connectivity index (χ1v) is 8.36. The Morgan fingerprint density at radius 1 is 1.32 bits per heavy atom. The van der Waals surface area contributed by atoms with Crippen molar-refractivity contribution >= 4 is 17.2 Å². The third kappa shape index (κ3) is 4.39. The van der Waals surface area contributed by atoms with Crippen molar-refractivity contribution in [1.82, 2.24) is 10.3 Å². The van der Waals surface area contributed by atoms with Crippen LogP contribution in [0, 0.1) is 0 Å². The lowest BCUT2D eigenvalue weighted by molar-refractivity contribution is 0.0936. The van der Waals surface area contributed by atoms with Gasteiger partial charge in [0, 0.05) is 12.5 Å². The van der Waals surface area contributed by atoms with Gasteiger partial charge in [-0.15, -0.1) is 11.3 Å². The summed E-state index contributed by atoms with van der Waals surface area (Å²) in [5, 5.41) is 13.1. The van der Waals surface area contributed by atoms with Gasteiger partial charge in [-0.05, 0) is 18.4 Å². The SMILES string of the molecule is CC(C)c1ncc(C(=O)NC(CCCO)c2ccccc2)s1. The van der Waals surface area contributed by atoms with E-state index >= 15 is 0 Å². The molecule has 1 unspecified atom stereocenters. The normalized spacial score (nSPS) is 12.4. The second-order valence-electron chi connectivity index (χ2n) is 5.52. The zero-order chi connectivity index (χ0) is 15.9. The number of amides is 1. The molecule has 1 heterocycles. The van der Waals surface area contributed by atoms with E-state index in [-0.39, 0.29) is 18.6 Å². The quantitative estimate of drug-likeness (QED) is 0.821. The summed E-state index contributed by atoms with van der Waals surface area (Å²) in [5.41, 5.74) is 1.05. The molecule has 0 bridgehead atoms. The third-order valence-electron chi connectivity index (χ3n) is 3.40. The summed E-state index contributed by atoms with van der Waals surface area (Å²) in [6.45, 7) is 4.25. The van der Waals surface area contributed by atoms with Gasteiger partial charge in [0.25, 0.3) is 5.91 Å². The van der Waals surface area contributed by atoms with Gasteiger partial charge in [0.15, 0.2) is 0 Å². The monoisotopic (exact) mass is 318 g/mol. The number of nitrogens with one attached hydrogen (secondary N) is 1. The molecule has 0 spiro atoms. The van der Waals surface area contributed by atoms with E-state index in [1.54, 1.807) is 6.20 Å². The molecule has 1 aromatic heterocycles. The highest BCUT2D eigenvalue weighted by molar-refractivity contribution is 7.13. The van der Waals surface area contributed by atoms with E-state index < -0.39 is 0 Å².